The number of urea groups is 1. The van der Waals surface area contributed by atoms with Crippen molar-refractivity contribution in [3.63, 3.8) is 0 Å². The van der Waals surface area contributed by atoms with Crippen molar-refractivity contribution < 1.29 is 19.1 Å². The van der Waals surface area contributed by atoms with Gasteiger partial charge < -0.3 is 14.8 Å². The van der Waals surface area contributed by atoms with E-state index < -0.39 is 0 Å². The molecule has 3 rings (SSSR count). The molecule has 2 aliphatic rings. The van der Waals surface area contributed by atoms with Crippen LogP contribution in [0.3, 0.4) is 0 Å². The normalized spacial score (nSPS) is 21.0. The summed E-state index contributed by atoms with van der Waals surface area (Å²) in [5, 5.41) is 2.66. The van der Waals surface area contributed by atoms with E-state index in [9.17, 15) is 9.59 Å². The Kier molecular flexibility index (Phi) is 4.89. The summed E-state index contributed by atoms with van der Waals surface area (Å²) in [5.41, 5.74) is 1.02. The molecule has 7 heteroatoms. The minimum Gasteiger partial charge on any atom is -0.497 e. The zero-order valence-corrected chi connectivity index (χ0v) is 14.1. The highest BCUT2D eigenvalue weighted by Gasteiger charge is 2.33. The maximum Gasteiger partial charge on any atom is 0.324 e. The second-order valence-corrected chi connectivity index (χ2v) is 6.01. The van der Waals surface area contributed by atoms with Crippen molar-refractivity contribution in [2.45, 2.75) is 18.9 Å². The summed E-state index contributed by atoms with van der Waals surface area (Å²) in [7, 11) is 3.28. The summed E-state index contributed by atoms with van der Waals surface area (Å²) in [6.07, 6.45) is 1.95. The van der Waals surface area contributed by atoms with Crippen molar-refractivity contribution in [1.29, 1.82) is 0 Å². The SMILES string of the molecule is COc1ccc(OC)c([C@@H]2CCCN2CC(=O)N2CCNC2=O)c1. The van der Waals surface area contributed by atoms with Crippen molar-refractivity contribution in [3.8, 4) is 11.5 Å². The number of methoxy groups -OCH3 is 2. The first kappa shape index (κ1) is 16.6. The molecule has 0 spiro atoms. The van der Waals surface area contributed by atoms with Crippen LogP contribution < -0.4 is 14.8 Å². The Morgan fingerprint density at radius 3 is 2.79 bits per heavy atom. The fraction of sp³-hybridized carbons (Fsp3) is 0.529. The van der Waals surface area contributed by atoms with Crippen molar-refractivity contribution in [2.24, 2.45) is 0 Å². The lowest BCUT2D eigenvalue weighted by Crippen LogP contribution is -2.41. The standard InChI is InChI=1S/C17H23N3O4/c1-23-12-5-6-15(24-2)13(10-12)14-4-3-8-19(14)11-16(21)20-9-7-18-17(20)22/h5-6,10,14H,3-4,7-9,11H2,1-2H3,(H,18,22)/t14-/m0/s1. The Morgan fingerprint density at radius 2 is 2.12 bits per heavy atom. The second kappa shape index (κ2) is 7.09. The summed E-state index contributed by atoms with van der Waals surface area (Å²) >= 11 is 0. The molecular formula is C17H23N3O4. The fourth-order valence-corrected chi connectivity index (χ4v) is 3.44. The Balaban J connectivity index is 1.78. The molecule has 0 saturated carbocycles. The molecule has 0 aromatic heterocycles. The van der Waals surface area contributed by atoms with Crippen LogP contribution in [0, 0.1) is 0 Å². The number of ether oxygens (including phenoxy) is 2. The number of likely N-dealkylation sites (tertiary alicyclic amines) is 1. The number of hydrogen-bond donors (Lipinski definition) is 1. The number of nitrogens with one attached hydrogen (secondary N) is 1. The van der Waals surface area contributed by atoms with Crippen molar-refractivity contribution in [2.75, 3.05) is 40.4 Å². The van der Waals surface area contributed by atoms with E-state index in [4.69, 9.17) is 9.47 Å². The predicted molar refractivity (Wildman–Crippen MR) is 88.2 cm³/mol. The van der Waals surface area contributed by atoms with Gasteiger partial charge in [-0.1, -0.05) is 0 Å². The van der Waals surface area contributed by atoms with Gasteiger partial charge in [-0.2, -0.15) is 0 Å². The number of amides is 3. The molecule has 130 valence electrons. The van der Waals surface area contributed by atoms with Gasteiger partial charge in [0.2, 0.25) is 5.91 Å². The summed E-state index contributed by atoms with van der Waals surface area (Å²) in [6.45, 7) is 2.03. The van der Waals surface area contributed by atoms with Crippen LogP contribution in [0.2, 0.25) is 0 Å². The van der Waals surface area contributed by atoms with Crippen LogP contribution in [-0.4, -0.2) is 62.1 Å². The molecule has 1 aromatic rings. The minimum atomic E-state index is -0.297. The van der Waals surface area contributed by atoms with Gasteiger partial charge in [0, 0.05) is 24.7 Å². The topological polar surface area (TPSA) is 71.1 Å². The highest BCUT2D eigenvalue weighted by atomic mass is 16.5. The lowest BCUT2D eigenvalue weighted by Gasteiger charge is -2.27. The average Bonchev–Trinajstić information content (AvgIpc) is 3.23. The minimum absolute atomic E-state index is 0.0877. The van der Waals surface area contributed by atoms with Crippen molar-refractivity contribution >= 4 is 11.9 Å². The molecule has 1 aromatic carbocycles. The van der Waals surface area contributed by atoms with Crippen LogP contribution in [-0.2, 0) is 4.79 Å². The first-order chi connectivity index (χ1) is 11.6. The van der Waals surface area contributed by atoms with E-state index in [-0.39, 0.29) is 24.5 Å². The molecular weight excluding hydrogens is 310 g/mol. The molecule has 2 saturated heterocycles. The monoisotopic (exact) mass is 333 g/mol. The van der Waals surface area contributed by atoms with Gasteiger partial charge >= 0.3 is 6.03 Å². The van der Waals surface area contributed by atoms with E-state index in [1.54, 1.807) is 14.2 Å². The van der Waals surface area contributed by atoms with Crippen LogP contribution >= 0.6 is 0 Å². The number of nitrogens with zero attached hydrogens (tertiary/aromatic N) is 2. The largest absolute Gasteiger partial charge is 0.497 e. The molecule has 2 heterocycles. The van der Waals surface area contributed by atoms with Crippen molar-refractivity contribution in [3.05, 3.63) is 23.8 Å². The molecule has 0 aliphatic carbocycles. The van der Waals surface area contributed by atoms with E-state index in [0.29, 0.717) is 13.1 Å². The number of benzene rings is 1. The number of imide groups is 1. The molecule has 0 unspecified atom stereocenters. The lowest BCUT2D eigenvalue weighted by atomic mass is 10.0. The van der Waals surface area contributed by atoms with Crippen LogP contribution in [0.15, 0.2) is 18.2 Å². The third-order valence-corrected chi connectivity index (χ3v) is 4.66. The van der Waals surface area contributed by atoms with E-state index in [0.717, 1.165) is 36.4 Å². The summed E-state index contributed by atoms with van der Waals surface area (Å²) in [4.78, 5) is 27.5. The van der Waals surface area contributed by atoms with Gasteiger partial charge in [-0.05, 0) is 37.6 Å². The van der Waals surface area contributed by atoms with E-state index in [2.05, 4.69) is 10.2 Å². The maximum absolute atomic E-state index is 12.4. The zero-order chi connectivity index (χ0) is 17.1. The average molecular weight is 333 g/mol. The molecule has 1 atom stereocenters. The summed E-state index contributed by atoms with van der Waals surface area (Å²) < 4.78 is 10.8. The number of carbonyl (C=O) groups is 2. The highest BCUT2D eigenvalue weighted by molar-refractivity contribution is 5.96. The van der Waals surface area contributed by atoms with E-state index in [1.807, 2.05) is 18.2 Å². The Bertz CT molecular complexity index is 634. The van der Waals surface area contributed by atoms with Gasteiger partial charge in [0.15, 0.2) is 0 Å². The smallest absolute Gasteiger partial charge is 0.324 e. The Labute approximate surface area is 141 Å². The van der Waals surface area contributed by atoms with Gasteiger partial charge in [0.05, 0.1) is 20.8 Å². The van der Waals surface area contributed by atoms with Crippen LogP contribution in [0.25, 0.3) is 0 Å². The number of carbonyl (C=O) groups excluding carboxylic acids is 2. The third-order valence-electron chi connectivity index (χ3n) is 4.66. The fourth-order valence-electron chi connectivity index (χ4n) is 3.44. The highest BCUT2D eigenvalue weighted by Crippen LogP contribution is 2.38. The molecule has 0 bridgehead atoms. The molecule has 24 heavy (non-hydrogen) atoms. The summed E-state index contributed by atoms with van der Waals surface area (Å²) in [5.74, 6) is 1.40. The van der Waals surface area contributed by atoms with Gasteiger partial charge in [0.25, 0.3) is 0 Å². The molecule has 2 aliphatic heterocycles. The van der Waals surface area contributed by atoms with Crippen LogP contribution in [0.5, 0.6) is 11.5 Å². The Morgan fingerprint density at radius 1 is 1.29 bits per heavy atom. The van der Waals surface area contributed by atoms with Crippen LogP contribution in [0.1, 0.15) is 24.4 Å². The quantitative estimate of drug-likeness (QED) is 0.882. The van der Waals surface area contributed by atoms with Gasteiger partial charge in [0.1, 0.15) is 11.5 Å². The third kappa shape index (κ3) is 3.17. The zero-order valence-electron chi connectivity index (χ0n) is 14.1. The van der Waals surface area contributed by atoms with Crippen molar-refractivity contribution in [1.82, 2.24) is 15.1 Å². The molecule has 3 amide bonds. The first-order valence-corrected chi connectivity index (χ1v) is 8.18. The second-order valence-electron chi connectivity index (χ2n) is 6.01. The molecule has 0 radical (unpaired) electrons. The number of hydrogen-bond acceptors (Lipinski definition) is 5. The maximum atomic E-state index is 12.4. The Hall–Kier alpha value is -2.28. The van der Waals surface area contributed by atoms with Crippen LogP contribution in [0.4, 0.5) is 4.79 Å². The van der Waals surface area contributed by atoms with Gasteiger partial charge in [-0.25, -0.2) is 4.79 Å². The first-order valence-electron chi connectivity index (χ1n) is 8.18. The van der Waals surface area contributed by atoms with Gasteiger partial charge in [-0.15, -0.1) is 0 Å². The predicted octanol–water partition coefficient (Wildman–Crippen LogP) is 1.39. The molecule has 7 nitrogen and oxygen atoms in total. The summed E-state index contributed by atoms with van der Waals surface area (Å²) in [6, 6.07) is 5.51. The van der Waals surface area contributed by atoms with E-state index >= 15 is 0 Å². The molecule has 2 fully saturated rings. The molecule has 1 N–H and O–H groups in total. The number of rotatable bonds is 5. The van der Waals surface area contributed by atoms with Gasteiger partial charge in [-0.3, -0.25) is 14.6 Å². The van der Waals surface area contributed by atoms with E-state index in [1.165, 1.54) is 4.90 Å². The lowest BCUT2D eigenvalue weighted by molar-refractivity contribution is -0.129.